The molecule has 0 aromatic rings. The van der Waals surface area contributed by atoms with Crippen molar-refractivity contribution in [3.8, 4) is 0 Å². The Morgan fingerprint density at radius 2 is 1.79 bits per heavy atom. The lowest BCUT2D eigenvalue weighted by atomic mass is 9.96. The summed E-state index contributed by atoms with van der Waals surface area (Å²) in [5, 5.41) is 18.2. The molecular formula is C15H30O4. The van der Waals surface area contributed by atoms with Gasteiger partial charge >= 0.3 is 0 Å². The van der Waals surface area contributed by atoms with Crippen molar-refractivity contribution >= 4 is 0 Å². The summed E-state index contributed by atoms with van der Waals surface area (Å²) in [5.74, 6) is 0. The Labute approximate surface area is 117 Å². The summed E-state index contributed by atoms with van der Waals surface area (Å²) in [5.41, 5.74) is -0.528. The molecule has 114 valence electrons. The number of allylic oxidation sites excluding steroid dienone is 1. The number of aliphatic hydroxyl groups is 2. The third-order valence-corrected chi connectivity index (χ3v) is 2.88. The second-order valence-electron chi connectivity index (χ2n) is 6.14. The minimum atomic E-state index is -0.827. The van der Waals surface area contributed by atoms with E-state index in [0.29, 0.717) is 6.61 Å². The highest BCUT2D eigenvalue weighted by Crippen LogP contribution is 2.24. The van der Waals surface area contributed by atoms with Crippen molar-refractivity contribution in [3.63, 3.8) is 0 Å². The van der Waals surface area contributed by atoms with Gasteiger partial charge in [0.15, 0.2) is 0 Å². The minimum absolute atomic E-state index is 0.139. The molecule has 2 unspecified atom stereocenters. The van der Waals surface area contributed by atoms with Crippen molar-refractivity contribution < 1.29 is 19.7 Å². The zero-order chi connectivity index (χ0) is 14.9. The molecule has 0 fully saturated rings. The van der Waals surface area contributed by atoms with Gasteiger partial charge in [0.05, 0.1) is 31.0 Å². The Kier molecular flexibility index (Phi) is 8.50. The van der Waals surface area contributed by atoms with Crippen LogP contribution in [0.1, 0.15) is 47.0 Å². The molecule has 0 heterocycles. The number of hydrogen-bond acceptors (Lipinski definition) is 4. The van der Waals surface area contributed by atoms with Gasteiger partial charge < -0.3 is 19.7 Å². The summed E-state index contributed by atoms with van der Waals surface area (Å²) in [4.78, 5) is 0. The SMILES string of the molecule is C=CCCC(C)(CCOC(C)(C)C)OCC(O)CO. The first-order chi connectivity index (χ1) is 8.72. The first-order valence-electron chi connectivity index (χ1n) is 6.90. The Morgan fingerprint density at radius 3 is 2.26 bits per heavy atom. The van der Waals surface area contributed by atoms with Crippen LogP contribution in [0.25, 0.3) is 0 Å². The predicted molar refractivity (Wildman–Crippen MR) is 77.2 cm³/mol. The van der Waals surface area contributed by atoms with Gasteiger partial charge in [-0.1, -0.05) is 6.08 Å². The Balaban J connectivity index is 4.28. The zero-order valence-corrected chi connectivity index (χ0v) is 12.8. The van der Waals surface area contributed by atoms with Crippen molar-refractivity contribution in [3.05, 3.63) is 12.7 Å². The number of ether oxygens (including phenoxy) is 2. The fraction of sp³-hybridized carbons (Fsp3) is 0.867. The summed E-state index contributed by atoms with van der Waals surface area (Å²) >= 11 is 0. The van der Waals surface area contributed by atoms with Crippen LogP contribution >= 0.6 is 0 Å². The predicted octanol–water partition coefficient (Wildman–Crippen LogP) is 2.29. The molecule has 0 radical (unpaired) electrons. The maximum atomic E-state index is 9.37. The van der Waals surface area contributed by atoms with Crippen molar-refractivity contribution in [2.45, 2.75) is 64.3 Å². The highest BCUT2D eigenvalue weighted by atomic mass is 16.5. The van der Waals surface area contributed by atoms with E-state index in [1.165, 1.54) is 0 Å². The normalized spacial score (nSPS) is 16.9. The quantitative estimate of drug-likeness (QED) is 0.600. The van der Waals surface area contributed by atoms with E-state index in [1.807, 2.05) is 33.8 Å². The van der Waals surface area contributed by atoms with Crippen LogP contribution in [0.4, 0.5) is 0 Å². The lowest BCUT2D eigenvalue weighted by molar-refractivity contribution is -0.106. The number of hydrogen-bond donors (Lipinski definition) is 2. The lowest BCUT2D eigenvalue weighted by Crippen LogP contribution is -2.35. The van der Waals surface area contributed by atoms with E-state index in [0.717, 1.165) is 19.3 Å². The van der Waals surface area contributed by atoms with Crippen LogP contribution in [-0.2, 0) is 9.47 Å². The van der Waals surface area contributed by atoms with Gasteiger partial charge in [-0.15, -0.1) is 6.58 Å². The molecular weight excluding hydrogens is 244 g/mol. The standard InChI is InChI=1S/C15H30O4/c1-6-7-8-15(5,19-12-13(17)11-16)9-10-18-14(2,3)4/h6,13,16-17H,1,7-12H2,2-5H3. The monoisotopic (exact) mass is 274 g/mol. The molecule has 2 atom stereocenters. The Morgan fingerprint density at radius 1 is 1.16 bits per heavy atom. The number of aliphatic hydroxyl groups excluding tert-OH is 2. The highest BCUT2D eigenvalue weighted by molar-refractivity contribution is 4.81. The average Bonchev–Trinajstić information content (AvgIpc) is 2.32. The summed E-state index contributed by atoms with van der Waals surface area (Å²) in [6.45, 7) is 12.2. The second-order valence-corrected chi connectivity index (χ2v) is 6.14. The van der Waals surface area contributed by atoms with Crippen LogP contribution in [0.3, 0.4) is 0 Å². The van der Waals surface area contributed by atoms with Gasteiger partial charge in [-0.25, -0.2) is 0 Å². The van der Waals surface area contributed by atoms with E-state index in [4.69, 9.17) is 14.6 Å². The first kappa shape index (κ1) is 18.6. The van der Waals surface area contributed by atoms with E-state index >= 15 is 0 Å². The Bertz CT molecular complexity index is 247. The molecule has 0 aliphatic rings. The molecule has 0 aliphatic heterocycles. The summed E-state index contributed by atoms with van der Waals surface area (Å²) in [6.07, 6.45) is 3.44. The van der Waals surface area contributed by atoms with Crippen LogP contribution in [0.15, 0.2) is 12.7 Å². The molecule has 0 saturated heterocycles. The highest BCUT2D eigenvalue weighted by Gasteiger charge is 2.26. The van der Waals surface area contributed by atoms with Crippen molar-refractivity contribution in [2.24, 2.45) is 0 Å². The van der Waals surface area contributed by atoms with Gasteiger partial charge in [0.1, 0.15) is 6.10 Å². The van der Waals surface area contributed by atoms with E-state index in [9.17, 15) is 5.11 Å². The molecule has 0 bridgehead atoms. The minimum Gasteiger partial charge on any atom is -0.394 e. The van der Waals surface area contributed by atoms with Crippen LogP contribution in [0.2, 0.25) is 0 Å². The number of rotatable bonds is 10. The third kappa shape index (κ3) is 10.1. The molecule has 19 heavy (non-hydrogen) atoms. The maximum Gasteiger partial charge on any atom is 0.100 e. The fourth-order valence-corrected chi connectivity index (χ4v) is 1.60. The van der Waals surface area contributed by atoms with Gasteiger partial charge in [-0.05, 0) is 47.0 Å². The average molecular weight is 274 g/mol. The third-order valence-electron chi connectivity index (χ3n) is 2.88. The summed E-state index contributed by atoms with van der Waals surface area (Å²) in [7, 11) is 0. The molecule has 0 aliphatic carbocycles. The lowest BCUT2D eigenvalue weighted by Gasteiger charge is -2.32. The molecule has 0 rings (SSSR count). The van der Waals surface area contributed by atoms with Crippen molar-refractivity contribution in [2.75, 3.05) is 19.8 Å². The second kappa shape index (κ2) is 8.69. The molecule has 2 N–H and O–H groups in total. The van der Waals surface area contributed by atoms with E-state index in [1.54, 1.807) is 0 Å². The van der Waals surface area contributed by atoms with Crippen LogP contribution in [-0.4, -0.2) is 47.3 Å². The zero-order valence-electron chi connectivity index (χ0n) is 12.8. The van der Waals surface area contributed by atoms with Gasteiger partial charge in [0, 0.05) is 0 Å². The van der Waals surface area contributed by atoms with Crippen LogP contribution in [0.5, 0.6) is 0 Å². The summed E-state index contributed by atoms with van der Waals surface area (Å²) in [6, 6.07) is 0. The van der Waals surface area contributed by atoms with E-state index < -0.39 is 6.10 Å². The van der Waals surface area contributed by atoms with Gasteiger partial charge in [0.2, 0.25) is 0 Å². The van der Waals surface area contributed by atoms with Crippen LogP contribution in [0, 0.1) is 0 Å². The molecule has 0 saturated carbocycles. The fourth-order valence-electron chi connectivity index (χ4n) is 1.60. The van der Waals surface area contributed by atoms with Gasteiger partial charge in [-0.3, -0.25) is 0 Å². The van der Waals surface area contributed by atoms with E-state index in [2.05, 4.69) is 6.58 Å². The molecule has 0 aromatic carbocycles. The molecule has 0 amide bonds. The molecule has 0 aromatic heterocycles. The maximum absolute atomic E-state index is 9.37. The topological polar surface area (TPSA) is 58.9 Å². The van der Waals surface area contributed by atoms with Crippen molar-refractivity contribution in [1.82, 2.24) is 0 Å². The van der Waals surface area contributed by atoms with E-state index in [-0.39, 0.29) is 24.4 Å². The smallest absolute Gasteiger partial charge is 0.100 e. The molecule has 4 heteroatoms. The molecule has 4 nitrogen and oxygen atoms in total. The van der Waals surface area contributed by atoms with Gasteiger partial charge in [-0.2, -0.15) is 0 Å². The molecule has 0 spiro atoms. The Hall–Kier alpha value is -0.420. The first-order valence-corrected chi connectivity index (χ1v) is 6.90. The van der Waals surface area contributed by atoms with Crippen molar-refractivity contribution in [1.29, 1.82) is 0 Å². The summed E-state index contributed by atoms with van der Waals surface area (Å²) < 4.78 is 11.5. The largest absolute Gasteiger partial charge is 0.394 e. The van der Waals surface area contributed by atoms with Gasteiger partial charge in [0.25, 0.3) is 0 Å². The van der Waals surface area contributed by atoms with Crippen LogP contribution < -0.4 is 0 Å².